The Bertz CT molecular complexity index is 1160. The number of hydrogen-bond acceptors (Lipinski definition) is 4. The van der Waals surface area contributed by atoms with Crippen molar-refractivity contribution >= 4 is 28.5 Å². The number of aliphatic carboxylic acids is 1. The first kappa shape index (κ1) is 22.8. The Kier molecular flexibility index (Phi) is 6.37. The fraction of sp³-hybridized carbons (Fsp3) is 0.348. The molecule has 1 amide bonds. The number of aromatic nitrogens is 2. The lowest BCUT2D eigenvalue weighted by Gasteiger charge is -2.08. The molecular weight excluding hydrogens is 437 g/mol. The number of carbonyl (C=O) groups is 2. The number of benzene rings is 2. The van der Waals surface area contributed by atoms with E-state index in [1.165, 1.54) is 24.8 Å². The van der Waals surface area contributed by atoms with Crippen LogP contribution in [-0.4, -0.2) is 45.9 Å². The molecule has 5 rings (SSSR count). The molecule has 2 fully saturated rings. The molecule has 0 bridgehead atoms. The number of nitrogens with zero attached hydrogens (tertiary/aromatic N) is 1. The Hall–Kier alpha value is -3.40. The molecule has 2 saturated carbocycles. The molecule has 4 N–H and O–H groups in total. The summed E-state index contributed by atoms with van der Waals surface area (Å²) in [5.74, 6) is -1.38. The predicted molar refractivity (Wildman–Crippen MR) is 116 cm³/mol. The molecule has 0 radical (unpaired) electrons. The number of carbonyl (C=O) groups excluding carboxylic acids is 1. The summed E-state index contributed by atoms with van der Waals surface area (Å²) in [5.41, 5.74) is 3.71. The summed E-state index contributed by atoms with van der Waals surface area (Å²) in [6.45, 7) is 1.15. The average molecular weight is 460 g/mol. The van der Waals surface area contributed by atoms with Gasteiger partial charge in [-0.25, -0.2) is 4.79 Å². The van der Waals surface area contributed by atoms with E-state index in [2.05, 4.69) is 26.9 Å². The molecule has 0 aliphatic heterocycles. The van der Waals surface area contributed by atoms with Crippen molar-refractivity contribution < 1.29 is 27.9 Å². The maximum Gasteiger partial charge on any atom is 0.490 e. The van der Waals surface area contributed by atoms with Crippen LogP contribution in [0.3, 0.4) is 0 Å². The first-order valence-electron chi connectivity index (χ1n) is 10.6. The molecule has 33 heavy (non-hydrogen) atoms. The minimum absolute atomic E-state index is 0.0714. The van der Waals surface area contributed by atoms with Gasteiger partial charge in [-0.2, -0.15) is 18.3 Å². The van der Waals surface area contributed by atoms with Crippen LogP contribution < -0.4 is 10.6 Å². The Labute approximate surface area is 187 Å². The van der Waals surface area contributed by atoms with Gasteiger partial charge in [-0.1, -0.05) is 12.1 Å². The van der Waals surface area contributed by atoms with Crippen LogP contribution in [0.1, 0.15) is 41.1 Å². The van der Waals surface area contributed by atoms with Gasteiger partial charge in [-0.3, -0.25) is 9.89 Å². The fourth-order valence-corrected chi connectivity index (χ4v) is 3.56. The van der Waals surface area contributed by atoms with Gasteiger partial charge in [-0.15, -0.1) is 0 Å². The second-order valence-corrected chi connectivity index (χ2v) is 8.35. The Morgan fingerprint density at radius 3 is 2.61 bits per heavy atom. The molecule has 174 valence electrons. The molecule has 1 heterocycles. The molecule has 0 saturated heterocycles. The summed E-state index contributed by atoms with van der Waals surface area (Å²) in [6.07, 6.45) is 0.609. The second-order valence-electron chi connectivity index (χ2n) is 8.35. The van der Waals surface area contributed by atoms with E-state index in [-0.39, 0.29) is 5.91 Å². The first-order chi connectivity index (χ1) is 15.7. The number of carboxylic acids is 1. The zero-order valence-corrected chi connectivity index (χ0v) is 17.5. The highest BCUT2D eigenvalue weighted by Gasteiger charge is 2.39. The number of halogens is 3. The van der Waals surface area contributed by atoms with Gasteiger partial charge in [0.15, 0.2) is 0 Å². The van der Waals surface area contributed by atoms with Crippen molar-refractivity contribution in [3.8, 4) is 0 Å². The highest BCUT2D eigenvalue weighted by Crippen LogP contribution is 2.41. The number of H-pyrrole nitrogens is 1. The molecule has 2 unspecified atom stereocenters. The van der Waals surface area contributed by atoms with Gasteiger partial charge in [-0.05, 0) is 67.6 Å². The van der Waals surface area contributed by atoms with Crippen LogP contribution in [0.15, 0.2) is 48.7 Å². The molecule has 0 spiro atoms. The van der Waals surface area contributed by atoms with Gasteiger partial charge in [0.2, 0.25) is 0 Å². The normalized spacial score (nSPS) is 19.5. The van der Waals surface area contributed by atoms with E-state index in [1.807, 2.05) is 36.4 Å². The van der Waals surface area contributed by atoms with Gasteiger partial charge < -0.3 is 15.7 Å². The van der Waals surface area contributed by atoms with Crippen molar-refractivity contribution in [1.29, 1.82) is 0 Å². The van der Waals surface area contributed by atoms with Crippen molar-refractivity contribution in [2.45, 2.75) is 37.4 Å². The van der Waals surface area contributed by atoms with Crippen LogP contribution in [0.2, 0.25) is 0 Å². The Balaban J connectivity index is 0.000000325. The van der Waals surface area contributed by atoms with Crippen LogP contribution in [0.5, 0.6) is 0 Å². The zero-order valence-electron chi connectivity index (χ0n) is 17.5. The zero-order chi connectivity index (χ0) is 23.6. The monoisotopic (exact) mass is 460 g/mol. The molecule has 2 aliphatic rings. The van der Waals surface area contributed by atoms with E-state index < -0.39 is 12.1 Å². The van der Waals surface area contributed by atoms with E-state index in [1.54, 1.807) is 6.20 Å². The number of nitrogens with one attached hydrogen (secondary N) is 3. The Morgan fingerprint density at radius 2 is 1.91 bits per heavy atom. The van der Waals surface area contributed by atoms with Gasteiger partial charge in [0.05, 0.1) is 11.7 Å². The van der Waals surface area contributed by atoms with E-state index in [0.717, 1.165) is 29.1 Å². The van der Waals surface area contributed by atoms with E-state index in [0.29, 0.717) is 17.5 Å². The number of hydrogen-bond donors (Lipinski definition) is 4. The number of fused-ring (bicyclic) bond motifs is 1. The van der Waals surface area contributed by atoms with Crippen LogP contribution in [0, 0.1) is 5.92 Å². The SMILES string of the molecule is O=C(Nc1ccc2[nH]ncc2c1)c1cccc(C2CC2NCC2CC2)c1.O=C(O)C(F)(F)F. The smallest absolute Gasteiger partial charge is 0.475 e. The number of alkyl halides is 3. The number of amides is 1. The van der Waals surface area contributed by atoms with E-state index in [4.69, 9.17) is 9.90 Å². The quantitative estimate of drug-likeness (QED) is 0.439. The third-order valence-corrected chi connectivity index (χ3v) is 5.67. The fourth-order valence-electron chi connectivity index (χ4n) is 3.56. The predicted octanol–water partition coefficient (Wildman–Crippen LogP) is 4.30. The number of aromatic amines is 1. The lowest BCUT2D eigenvalue weighted by Crippen LogP contribution is -2.21. The largest absolute Gasteiger partial charge is 0.490 e. The van der Waals surface area contributed by atoms with Gasteiger partial charge in [0.25, 0.3) is 5.91 Å². The highest BCUT2D eigenvalue weighted by molar-refractivity contribution is 6.05. The van der Waals surface area contributed by atoms with E-state index in [9.17, 15) is 18.0 Å². The molecule has 10 heteroatoms. The van der Waals surface area contributed by atoms with E-state index >= 15 is 0 Å². The minimum Gasteiger partial charge on any atom is -0.475 e. The third-order valence-electron chi connectivity index (χ3n) is 5.67. The summed E-state index contributed by atoms with van der Waals surface area (Å²) >= 11 is 0. The second kappa shape index (κ2) is 9.22. The lowest BCUT2D eigenvalue weighted by atomic mass is 10.1. The van der Waals surface area contributed by atoms with Crippen molar-refractivity contribution in [2.24, 2.45) is 5.92 Å². The van der Waals surface area contributed by atoms with Gasteiger partial charge in [0.1, 0.15) is 0 Å². The molecule has 7 nitrogen and oxygen atoms in total. The van der Waals surface area contributed by atoms with Crippen molar-refractivity contribution in [3.05, 3.63) is 59.8 Å². The molecule has 3 aromatic rings. The van der Waals surface area contributed by atoms with Crippen molar-refractivity contribution in [1.82, 2.24) is 15.5 Å². The van der Waals surface area contributed by atoms with Crippen LogP contribution in [-0.2, 0) is 4.79 Å². The molecular formula is C23H23F3N4O3. The van der Waals surface area contributed by atoms with Crippen LogP contribution in [0.25, 0.3) is 10.9 Å². The van der Waals surface area contributed by atoms with Gasteiger partial charge in [0, 0.05) is 28.6 Å². The Morgan fingerprint density at radius 1 is 1.15 bits per heavy atom. The molecule has 2 aromatic carbocycles. The number of rotatable bonds is 6. The van der Waals surface area contributed by atoms with Crippen molar-refractivity contribution in [2.75, 3.05) is 11.9 Å². The maximum absolute atomic E-state index is 12.6. The summed E-state index contributed by atoms with van der Waals surface area (Å²) in [7, 11) is 0. The number of anilines is 1. The molecule has 1 aromatic heterocycles. The highest BCUT2D eigenvalue weighted by atomic mass is 19.4. The average Bonchev–Trinajstić information content (AvgIpc) is 3.69. The standard InChI is InChI=1S/C21H22N4O.C2HF3O2/c26-21(24-17-6-7-19-16(9-17)12-23-25-19)15-3-1-2-14(8-15)18-10-20(18)22-11-13-4-5-13;3-2(4,5)1(6)7/h1-3,6-9,12-13,18,20,22H,4-5,10-11H2,(H,23,25)(H,24,26);(H,6,7). The van der Waals surface area contributed by atoms with Crippen molar-refractivity contribution in [3.63, 3.8) is 0 Å². The van der Waals surface area contributed by atoms with Gasteiger partial charge >= 0.3 is 12.1 Å². The summed E-state index contributed by atoms with van der Waals surface area (Å²) in [5, 5.41) is 21.7. The minimum atomic E-state index is -5.08. The summed E-state index contributed by atoms with van der Waals surface area (Å²) < 4.78 is 31.7. The summed E-state index contributed by atoms with van der Waals surface area (Å²) in [4.78, 5) is 21.5. The molecule has 2 aliphatic carbocycles. The molecule has 2 atom stereocenters. The topological polar surface area (TPSA) is 107 Å². The van der Waals surface area contributed by atoms with Crippen LogP contribution in [0.4, 0.5) is 18.9 Å². The number of carboxylic acid groups (broad SMARTS) is 1. The third kappa shape index (κ3) is 6.10. The summed E-state index contributed by atoms with van der Waals surface area (Å²) in [6, 6.07) is 14.4. The first-order valence-corrected chi connectivity index (χ1v) is 10.6. The maximum atomic E-state index is 12.6. The lowest BCUT2D eigenvalue weighted by molar-refractivity contribution is -0.192. The van der Waals surface area contributed by atoms with Crippen LogP contribution >= 0.6 is 0 Å².